The zero-order valence-corrected chi connectivity index (χ0v) is 12.2. The minimum Gasteiger partial charge on any atom is -0.453 e. The highest BCUT2D eigenvalue weighted by Crippen LogP contribution is 2.40. The van der Waals surface area contributed by atoms with Gasteiger partial charge in [-0.15, -0.1) is 0 Å². The SMILES string of the molecule is O=[N+]([O-])c1cc(Cl)c(Oc2ccncc2Br)c(Cl)c1. The number of aromatic nitrogens is 1. The molecule has 98 valence electrons. The van der Waals surface area contributed by atoms with Crippen molar-refractivity contribution in [3.8, 4) is 11.5 Å². The van der Waals surface area contributed by atoms with Crippen LogP contribution in [-0.2, 0) is 0 Å². The number of benzene rings is 1. The molecule has 0 bridgehead atoms. The number of nitro groups is 1. The smallest absolute Gasteiger partial charge is 0.272 e. The predicted octanol–water partition coefficient (Wildman–Crippen LogP) is 4.85. The molecule has 0 radical (unpaired) electrons. The molecule has 5 nitrogen and oxygen atoms in total. The summed E-state index contributed by atoms with van der Waals surface area (Å²) in [5.41, 5.74) is -0.198. The van der Waals surface area contributed by atoms with E-state index in [0.29, 0.717) is 10.2 Å². The fourth-order valence-electron chi connectivity index (χ4n) is 1.30. The van der Waals surface area contributed by atoms with E-state index in [9.17, 15) is 10.1 Å². The summed E-state index contributed by atoms with van der Waals surface area (Å²) in [5, 5.41) is 10.8. The molecule has 0 unspecified atom stereocenters. The third kappa shape index (κ3) is 3.15. The van der Waals surface area contributed by atoms with Crippen LogP contribution in [0.2, 0.25) is 10.0 Å². The van der Waals surface area contributed by atoms with Crippen LogP contribution < -0.4 is 4.74 Å². The summed E-state index contributed by atoms with van der Waals surface area (Å²) in [7, 11) is 0. The van der Waals surface area contributed by atoms with Gasteiger partial charge in [0.15, 0.2) is 5.75 Å². The van der Waals surface area contributed by atoms with Crippen LogP contribution in [0.3, 0.4) is 0 Å². The molecule has 8 heteroatoms. The van der Waals surface area contributed by atoms with E-state index in [2.05, 4.69) is 20.9 Å². The second-order valence-electron chi connectivity index (χ2n) is 3.40. The number of non-ortho nitro benzene ring substituents is 1. The highest BCUT2D eigenvalue weighted by Gasteiger charge is 2.17. The van der Waals surface area contributed by atoms with E-state index < -0.39 is 4.92 Å². The fourth-order valence-corrected chi connectivity index (χ4v) is 2.19. The number of nitrogens with zero attached hydrogens (tertiary/aromatic N) is 2. The Labute approximate surface area is 126 Å². The third-order valence-corrected chi connectivity index (χ3v) is 3.30. The summed E-state index contributed by atoms with van der Waals surface area (Å²) in [4.78, 5) is 14.0. The van der Waals surface area contributed by atoms with Crippen molar-refractivity contribution in [1.82, 2.24) is 4.98 Å². The van der Waals surface area contributed by atoms with Crippen molar-refractivity contribution in [2.75, 3.05) is 0 Å². The van der Waals surface area contributed by atoms with E-state index in [1.807, 2.05) is 0 Å². The molecule has 1 heterocycles. The first-order chi connectivity index (χ1) is 8.99. The zero-order chi connectivity index (χ0) is 14.0. The number of halogens is 3. The normalized spacial score (nSPS) is 10.3. The molecule has 0 spiro atoms. The molecule has 0 atom stereocenters. The predicted molar refractivity (Wildman–Crippen MR) is 75.1 cm³/mol. The number of hydrogen-bond donors (Lipinski definition) is 0. The van der Waals surface area contributed by atoms with Gasteiger partial charge in [-0.05, 0) is 15.9 Å². The number of rotatable bonds is 3. The van der Waals surface area contributed by atoms with E-state index in [1.165, 1.54) is 18.3 Å². The average Bonchev–Trinajstić information content (AvgIpc) is 2.35. The van der Waals surface area contributed by atoms with Crippen LogP contribution in [0.4, 0.5) is 5.69 Å². The Bertz CT molecular complexity index is 629. The first-order valence-corrected chi connectivity index (χ1v) is 6.44. The molecule has 19 heavy (non-hydrogen) atoms. The summed E-state index contributed by atoms with van der Waals surface area (Å²) in [6.45, 7) is 0. The van der Waals surface area contributed by atoms with E-state index in [0.717, 1.165) is 0 Å². The van der Waals surface area contributed by atoms with E-state index in [4.69, 9.17) is 27.9 Å². The van der Waals surface area contributed by atoms with Crippen LogP contribution in [0.5, 0.6) is 11.5 Å². The van der Waals surface area contributed by atoms with Gasteiger partial charge in [0.25, 0.3) is 5.69 Å². The molecule has 1 aromatic heterocycles. The van der Waals surface area contributed by atoms with Crippen molar-refractivity contribution >= 4 is 44.8 Å². The molecule has 0 saturated heterocycles. The zero-order valence-electron chi connectivity index (χ0n) is 9.14. The first kappa shape index (κ1) is 14.0. The second-order valence-corrected chi connectivity index (χ2v) is 5.07. The molecule has 0 saturated carbocycles. The Morgan fingerprint density at radius 1 is 1.32 bits per heavy atom. The lowest BCUT2D eigenvalue weighted by molar-refractivity contribution is -0.384. The highest BCUT2D eigenvalue weighted by atomic mass is 79.9. The average molecular weight is 364 g/mol. The summed E-state index contributed by atoms with van der Waals surface area (Å²) in [6.07, 6.45) is 3.08. The van der Waals surface area contributed by atoms with Crippen LogP contribution in [0.1, 0.15) is 0 Å². The maximum atomic E-state index is 10.7. The lowest BCUT2D eigenvalue weighted by atomic mass is 10.3. The van der Waals surface area contributed by atoms with Crippen molar-refractivity contribution < 1.29 is 9.66 Å². The molecule has 0 fully saturated rings. The molecular weight excluding hydrogens is 359 g/mol. The Morgan fingerprint density at radius 2 is 1.95 bits per heavy atom. The standard InChI is InChI=1S/C11H5BrCl2N2O3/c12-7-5-15-2-1-10(7)19-11-8(13)3-6(16(17)18)4-9(11)14/h1-5H. The van der Waals surface area contributed by atoms with Gasteiger partial charge in [-0.3, -0.25) is 15.1 Å². The van der Waals surface area contributed by atoms with Gasteiger partial charge in [-0.2, -0.15) is 0 Å². The number of pyridine rings is 1. The van der Waals surface area contributed by atoms with Crippen molar-refractivity contribution in [3.63, 3.8) is 0 Å². The van der Waals surface area contributed by atoms with Gasteiger partial charge < -0.3 is 4.74 Å². The Kier molecular flexibility index (Phi) is 4.24. The molecule has 0 amide bonds. The van der Waals surface area contributed by atoms with Gasteiger partial charge in [-0.1, -0.05) is 23.2 Å². The first-order valence-electron chi connectivity index (χ1n) is 4.90. The quantitative estimate of drug-likeness (QED) is 0.577. The summed E-state index contributed by atoms with van der Waals surface area (Å²) < 4.78 is 6.14. The molecule has 0 aliphatic rings. The maximum Gasteiger partial charge on any atom is 0.272 e. The van der Waals surface area contributed by atoms with E-state index in [1.54, 1.807) is 12.3 Å². The maximum absolute atomic E-state index is 10.7. The van der Waals surface area contributed by atoms with Gasteiger partial charge in [-0.25, -0.2) is 0 Å². The van der Waals surface area contributed by atoms with Crippen LogP contribution in [0.25, 0.3) is 0 Å². The molecule has 0 aliphatic heterocycles. The lowest BCUT2D eigenvalue weighted by Crippen LogP contribution is -1.92. The van der Waals surface area contributed by atoms with Crippen LogP contribution in [0.15, 0.2) is 35.1 Å². The molecule has 0 N–H and O–H groups in total. The third-order valence-electron chi connectivity index (χ3n) is 2.14. The van der Waals surface area contributed by atoms with E-state index in [-0.39, 0.29) is 21.5 Å². The van der Waals surface area contributed by atoms with Gasteiger partial charge >= 0.3 is 0 Å². The van der Waals surface area contributed by atoms with Crippen molar-refractivity contribution in [2.45, 2.75) is 0 Å². The monoisotopic (exact) mass is 362 g/mol. The summed E-state index contributed by atoms with van der Waals surface area (Å²) in [6, 6.07) is 3.97. The largest absolute Gasteiger partial charge is 0.453 e. The van der Waals surface area contributed by atoms with Crippen LogP contribution in [-0.4, -0.2) is 9.91 Å². The fraction of sp³-hybridized carbons (Fsp3) is 0. The van der Waals surface area contributed by atoms with Gasteiger partial charge in [0.1, 0.15) is 5.75 Å². The topological polar surface area (TPSA) is 65.3 Å². The van der Waals surface area contributed by atoms with Crippen molar-refractivity contribution in [3.05, 3.63) is 55.2 Å². The minimum absolute atomic E-state index is 0.0583. The summed E-state index contributed by atoms with van der Waals surface area (Å²) in [5.74, 6) is 0.605. The lowest BCUT2D eigenvalue weighted by Gasteiger charge is -2.10. The van der Waals surface area contributed by atoms with Crippen molar-refractivity contribution in [2.24, 2.45) is 0 Å². The molecular formula is C11H5BrCl2N2O3. The number of hydrogen-bond acceptors (Lipinski definition) is 4. The highest BCUT2D eigenvalue weighted by molar-refractivity contribution is 9.10. The Morgan fingerprint density at radius 3 is 2.47 bits per heavy atom. The second kappa shape index (κ2) is 5.73. The van der Waals surface area contributed by atoms with E-state index >= 15 is 0 Å². The van der Waals surface area contributed by atoms with Gasteiger partial charge in [0, 0.05) is 30.6 Å². The minimum atomic E-state index is -0.579. The number of ether oxygens (including phenoxy) is 1. The Hall–Kier alpha value is -1.37. The molecule has 2 aromatic rings. The van der Waals surface area contributed by atoms with Crippen LogP contribution >= 0.6 is 39.1 Å². The van der Waals surface area contributed by atoms with Gasteiger partial charge in [0.2, 0.25) is 0 Å². The Balaban J connectivity index is 2.42. The van der Waals surface area contributed by atoms with Gasteiger partial charge in [0.05, 0.1) is 19.4 Å². The van der Waals surface area contributed by atoms with Crippen molar-refractivity contribution in [1.29, 1.82) is 0 Å². The molecule has 1 aromatic carbocycles. The number of nitro benzene ring substituents is 1. The van der Waals surface area contributed by atoms with Crippen LogP contribution in [0, 0.1) is 10.1 Å². The molecule has 0 aliphatic carbocycles. The summed E-state index contributed by atoms with van der Waals surface area (Å²) >= 11 is 15.1. The molecule has 2 rings (SSSR count).